The number of aryl methyl sites for hydroxylation is 1. The molecule has 0 aliphatic heterocycles. The Labute approximate surface area is 98.5 Å². The third-order valence-electron chi connectivity index (χ3n) is 3.62. The van der Waals surface area contributed by atoms with E-state index >= 15 is 0 Å². The van der Waals surface area contributed by atoms with Crippen LogP contribution in [0.5, 0.6) is 0 Å². The molecule has 0 aromatic carbocycles. The maximum absolute atomic E-state index is 4.12. The lowest BCUT2D eigenvalue weighted by Gasteiger charge is -2.11. The molecule has 1 aromatic rings. The van der Waals surface area contributed by atoms with Gasteiger partial charge in [0.05, 0.1) is 0 Å². The molecule has 0 radical (unpaired) electrons. The van der Waals surface area contributed by atoms with Gasteiger partial charge in [0.1, 0.15) is 0 Å². The maximum Gasteiger partial charge on any atom is 0.0299 e. The lowest BCUT2D eigenvalue weighted by molar-refractivity contribution is 0.491. The van der Waals surface area contributed by atoms with Crippen molar-refractivity contribution in [3.63, 3.8) is 0 Å². The van der Waals surface area contributed by atoms with E-state index in [1.807, 2.05) is 12.4 Å². The van der Waals surface area contributed by atoms with Crippen LogP contribution in [0.4, 0.5) is 0 Å². The first kappa shape index (κ1) is 11.6. The minimum absolute atomic E-state index is 0.943. The predicted molar refractivity (Wildman–Crippen MR) is 67.5 cm³/mol. The van der Waals surface area contributed by atoms with E-state index in [1.54, 1.807) is 0 Å². The molecule has 2 nitrogen and oxygen atoms in total. The molecule has 2 rings (SSSR count). The monoisotopic (exact) mass is 218 g/mol. The summed E-state index contributed by atoms with van der Waals surface area (Å²) in [6.07, 6.45) is 10.7. The second-order valence-corrected chi connectivity index (χ2v) is 4.91. The van der Waals surface area contributed by atoms with Crippen molar-refractivity contribution >= 4 is 0 Å². The topological polar surface area (TPSA) is 24.9 Å². The quantitative estimate of drug-likeness (QED) is 0.769. The van der Waals surface area contributed by atoms with Crippen LogP contribution >= 0.6 is 0 Å². The summed E-state index contributed by atoms with van der Waals surface area (Å²) in [7, 11) is 0. The van der Waals surface area contributed by atoms with Crippen molar-refractivity contribution in [2.75, 3.05) is 13.1 Å². The second kappa shape index (κ2) is 6.00. The molecule has 1 saturated carbocycles. The van der Waals surface area contributed by atoms with Gasteiger partial charge in [0, 0.05) is 12.4 Å². The van der Waals surface area contributed by atoms with Gasteiger partial charge in [-0.3, -0.25) is 4.98 Å². The van der Waals surface area contributed by atoms with Crippen LogP contribution in [0.15, 0.2) is 18.5 Å². The van der Waals surface area contributed by atoms with Crippen LogP contribution in [0.3, 0.4) is 0 Å². The molecule has 1 aliphatic carbocycles. The molecular weight excluding hydrogens is 196 g/mol. The molecule has 1 aromatic heterocycles. The number of nitrogens with one attached hydrogen (secondary N) is 1. The maximum atomic E-state index is 4.12. The number of rotatable bonds is 5. The fourth-order valence-corrected chi connectivity index (χ4v) is 2.53. The fraction of sp³-hybridized carbons (Fsp3) is 0.643. The van der Waals surface area contributed by atoms with Gasteiger partial charge >= 0.3 is 0 Å². The lowest BCUT2D eigenvalue weighted by Crippen LogP contribution is -2.23. The van der Waals surface area contributed by atoms with Crippen molar-refractivity contribution in [1.82, 2.24) is 10.3 Å². The highest BCUT2D eigenvalue weighted by Gasteiger charge is 2.13. The van der Waals surface area contributed by atoms with E-state index in [0.29, 0.717) is 0 Å². The highest BCUT2D eigenvalue weighted by atomic mass is 14.9. The zero-order valence-corrected chi connectivity index (χ0v) is 10.2. The van der Waals surface area contributed by atoms with E-state index in [0.717, 1.165) is 18.9 Å². The van der Waals surface area contributed by atoms with Gasteiger partial charge < -0.3 is 5.32 Å². The SMILES string of the molecule is Cc1cnccc1CCNCC1CCCC1. The van der Waals surface area contributed by atoms with Gasteiger partial charge in [0.15, 0.2) is 0 Å². The highest BCUT2D eigenvalue weighted by Crippen LogP contribution is 2.23. The van der Waals surface area contributed by atoms with Crippen LogP contribution in [0.25, 0.3) is 0 Å². The van der Waals surface area contributed by atoms with E-state index in [2.05, 4.69) is 23.3 Å². The Hall–Kier alpha value is -0.890. The Morgan fingerprint density at radius 3 is 2.94 bits per heavy atom. The Morgan fingerprint density at radius 2 is 2.19 bits per heavy atom. The van der Waals surface area contributed by atoms with Crippen molar-refractivity contribution in [3.8, 4) is 0 Å². The van der Waals surface area contributed by atoms with Crippen molar-refractivity contribution in [1.29, 1.82) is 0 Å². The molecule has 1 aliphatic rings. The van der Waals surface area contributed by atoms with Gasteiger partial charge in [-0.25, -0.2) is 0 Å². The summed E-state index contributed by atoms with van der Waals surface area (Å²) in [4.78, 5) is 4.12. The van der Waals surface area contributed by atoms with E-state index in [4.69, 9.17) is 0 Å². The first-order valence-electron chi connectivity index (χ1n) is 6.46. The standard InChI is InChI=1S/C14H22N2/c1-12-10-15-8-6-14(12)7-9-16-11-13-4-2-3-5-13/h6,8,10,13,16H,2-5,7,9,11H2,1H3. The lowest BCUT2D eigenvalue weighted by atomic mass is 10.1. The van der Waals surface area contributed by atoms with E-state index in [1.165, 1.54) is 43.4 Å². The molecule has 88 valence electrons. The summed E-state index contributed by atoms with van der Waals surface area (Å²) in [5.41, 5.74) is 2.74. The smallest absolute Gasteiger partial charge is 0.0299 e. The van der Waals surface area contributed by atoms with Crippen molar-refractivity contribution < 1.29 is 0 Å². The summed E-state index contributed by atoms with van der Waals surface area (Å²) in [5.74, 6) is 0.943. The van der Waals surface area contributed by atoms with E-state index in [-0.39, 0.29) is 0 Å². The minimum Gasteiger partial charge on any atom is -0.316 e. The second-order valence-electron chi connectivity index (χ2n) is 4.91. The molecule has 0 bridgehead atoms. The van der Waals surface area contributed by atoms with Crippen molar-refractivity contribution in [2.45, 2.75) is 39.0 Å². The normalized spacial score (nSPS) is 16.8. The first-order chi connectivity index (χ1) is 7.86. The Morgan fingerprint density at radius 1 is 1.38 bits per heavy atom. The number of hydrogen-bond donors (Lipinski definition) is 1. The van der Waals surface area contributed by atoms with Crippen molar-refractivity contribution in [3.05, 3.63) is 29.6 Å². The van der Waals surface area contributed by atoms with Crippen LogP contribution in [0.1, 0.15) is 36.8 Å². The van der Waals surface area contributed by atoms with E-state index < -0.39 is 0 Å². The molecule has 1 N–H and O–H groups in total. The zero-order valence-electron chi connectivity index (χ0n) is 10.2. The third-order valence-corrected chi connectivity index (χ3v) is 3.62. The Balaban J connectivity index is 1.66. The third kappa shape index (κ3) is 3.31. The van der Waals surface area contributed by atoms with Crippen LogP contribution in [-0.4, -0.2) is 18.1 Å². The predicted octanol–water partition coefficient (Wildman–Crippen LogP) is 2.71. The largest absolute Gasteiger partial charge is 0.316 e. The van der Waals surface area contributed by atoms with Gasteiger partial charge in [0.2, 0.25) is 0 Å². The van der Waals surface area contributed by atoms with Gasteiger partial charge in [0.25, 0.3) is 0 Å². The number of pyridine rings is 1. The summed E-state index contributed by atoms with van der Waals surface area (Å²) < 4.78 is 0. The van der Waals surface area contributed by atoms with Crippen LogP contribution in [0, 0.1) is 12.8 Å². The molecule has 1 fully saturated rings. The Kier molecular flexibility index (Phi) is 4.34. The van der Waals surface area contributed by atoms with E-state index in [9.17, 15) is 0 Å². The molecule has 2 heteroatoms. The Bertz CT molecular complexity index is 316. The fourth-order valence-electron chi connectivity index (χ4n) is 2.53. The average Bonchev–Trinajstić information content (AvgIpc) is 2.79. The van der Waals surface area contributed by atoms with Gasteiger partial charge in [-0.2, -0.15) is 0 Å². The average molecular weight is 218 g/mol. The molecule has 1 heterocycles. The first-order valence-corrected chi connectivity index (χ1v) is 6.46. The summed E-state index contributed by atoms with van der Waals surface area (Å²) in [6.45, 7) is 4.45. The molecular formula is C14H22N2. The molecule has 0 amide bonds. The van der Waals surface area contributed by atoms with Crippen LogP contribution < -0.4 is 5.32 Å². The molecule has 0 saturated heterocycles. The van der Waals surface area contributed by atoms with Crippen LogP contribution in [0.2, 0.25) is 0 Å². The van der Waals surface area contributed by atoms with Gasteiger partial charge in [-0.1, -0.05) is 12.8 Å². The number of nitrogens with zero attached hydrogens (tertiary/aromatic N) is 1. The van der Waals surface area contributed by atoms with Gasteiger partial charge in [-0.05, 0) is 62.4 Å². The zero-order chi connectivity index (χ0) is 11.2. The molecule has 0 spiro atoms. The highest BCUT2D eigenvalue weighted by molar-refractivity contribution is 5.21. The molecule has 0 atom stereocenters. The summed E-state index contributed by atoms with van der Waals surface area (Å²) in [6, 6.07) is 2.13. The molecule has 16 heavy (non-hydrogen) atoms. The van der Waals surface area contributed by atoms with Gasteiger partial charge in [-0.15, -0.1) is 0 Å². The summed E-state index contributed by atoms with van der Waals surface area (Å²) in [5, 5.41) is 3.58. The summed E-state index contributed by atoms with van der Waals surface area (Å²) >= 11 is 0. The number of hydrogen-bond acceptors (Lipinski definition) is 2. The number of aromatic nitrogens is 1. The van der Waals surface area contributed by atoms with Crippen LogP contribution in [-0.2, 0) is 6.42 Å². The van der Waals surface area contributed by atoms with Crippen molar-refractivity contribution in [2.24, 2.45) is 5.92 Å². The minimum atomic E-state index is 0.943. The molecule has 0 unspecified atom stereocenters.